The fourth-order valence-electron chi connectivity index (χ4n) is 2.76. The first kappa shape index (κ1) is 16.6. The number of nitrogens with zero attached hydrogens (tertiary/aromatic N) is 1. The third kappa shape index (κ3) is 4.37. The molecule has 0 radical (unpaired) electrons. The highest BCUT2D eigenvalue weighted by molar-refractivity contribution is 5.90. The molecule has 5 heteroatoms. The van der Waals surface area contributed by atoms with E-state index in [0.717, 1.165) is 19.6 Å². The van der Waals surface area contributed by atoms with Gasteiger partial charge in [0.1, 0.15) is 6.10 Å². The van der Waals surface area contributed by atoms with Crippen LogP contribution in [0.3, 0.4) is 0 Å². The van der Waals surface area contributed by atoms with Crippen molar-refractivity contribution in [2.75, 3.05) is 33.9 Å². The van der Waals surface area contributed by atoms with E-state index in [1.54, 1.807) is 32.4 Å². The van der Waals surface area contributed by atoms with Crippen LogP contribution in [0.5, 0.6) is 11.5 Å². The molecule has 122 valence electrons. The van der Waals surface area contributed by atoms with Crippen LogP contribution in [0.1, 0.15) is 36.5 Å². The van der Waals surface area contributed by atoms with Crippen LogP contribution in [0.25, 0.3) is 0 Å². The van der Waals surface area contributed by atoms with E-state index in [-0.39, 0.29) is 12.1 Å². The van der Waals surface area contributed by atoms with Crippen molar-refractivity contribution >= 4 is 5.97 Å². The van der Waals surface area contributed by atoms with Crippen LogP contribution in [0.4, 0.5) is 0 Å². The Bertz CT molecular complexity index is 497. The zero-order valence-electron chi connectivity index (χ0n) is 13.6. The summed E-state index contributed by atoms with van der Waals surface area (Å²) in [6.07, 6.45) is 3.64. The lowest BCUT2D eigenvalue weighted by atomic mass is 10.1. The molecule has 1 aliphatic rings. The van der Waals surface area contributed by atoms with Gasteiger partial charge in [-0.25, -0.2) is 4.79 Å². The molecule has 0 aliphatic carbocycles. The second-order valence-corrected chi connectivity index (χ2v) is 5.65. The van der Waals surface area contributed by atoms with E-state index in [2.05, 4.69) is 4.90 Å². The summed E-state index contributed by atoms with van der Waals surface area (Å²) in [5.74, 6) is 0.798. The van der Waals surface area contributed by atoms with Crippen molar-refractivity contribution < 1.29 is 19.0 Å². The topological polar surface area (TPSA) is 48.0 Å². The first-order chi connectivity index (χ1) is 10.6. The second kappa shape index (κ2) is 8.03. The van der Waals surface area contributed by atoms with Gasteiger partial charge in [-0.15, -0.1) is 0 Å². The first-order valence-corrected chi connectivity index (χ1v) is 7.79. The third-order valence-corrected chi connectivity index (χ3v) is 3.89. The summed E-state index contributed by atoms with van der Waals surface area (Å²) >= 11 is 0. The van der Waals surface area contributed by atoms with Crippen molar-refractivity contribution in [1.82, 2.24) is 4.90 Å². The van der Waals surface area contributed by atoms with E-state index in [1.807, 2.05) is 6.92 Å². The minimum Gasteiger partial charge on any atom is -0.493 e. The van der Waals surface area contributed by atoms with Gasteiger partial charge >= 0.3 is 5.97 Å². The van der Waals surface area contributed by atoms with Crippen LogP contribution < -0.4 is 9.47 Å². The van der Waals surface area contributed by atoms with Gasteiger partial charge < -0.3 is 14.2 Å². The minimum atomic E-state index is -0.328. The van der Waals surface area contributed by atoms with Crippen LogP contribution >= 0.6 is 0 Å². The average molecular weight is 307 g/mol. The fourth-order valence-corrected chi connectivity index (χ4v) is 2.76. The summed E-state index contributed by atoms with van der Waals surface area (Å²) < 4.78 is 15.9. The van der Waals surface area contributed by atoms with Crippen molar-refractivity contribution in [3.8, 4) is 11.5 Å². The van der Waals surface area contributed by atoms with Crippen LogP contribution in [-0.2, 0) is 4.74 Å². The average Bonchev–Trinajstić information content (AvgIpc) is 2.54. The smallest absolute Gasteiger partial charge is 0.338 e. The van der Waals surface area contributed by atoms with Crippen molar-refractivity contribution in [3.05, 3.63) is 23.8 Å². The van der Waals surface area contributed by atoms with Gasteiger partial charge in [-0.05, 0) is 51.1 Å². The van der Waals surface area contributed by atoms with Gasteiger partial charge in [0.2, 0.25) is 0 Å². The second-order valence-electron chi connectivity index (χ2n) is 5.65. The predicted molar refractivity (Wildman–Crippen MR) is 84.7 cm³/mol. The number of esters is 1. The van der Waals surface area contributed by atoms with E-state index in [9.17, 15) is 4.79 Å². The van der Waals surface area contributed by atoms with Gasteiger partial charge in [0.15, 0.2) is 11.5 Å². The first-order valence-electron chi connectivity index (χ1n) is 7.79. The molecule has 0 bridgehead atoms. The number of carbonyl (C=O) groups excluding carboxylic acids is 1. The molecule has 5 nitrogen and oxygen atoms in total. The Labute approximate surface area is 132 Å². The Morgan fingerprint density at radius 3 is 2.45 bits per heavy atom. The fraction of sp³-hybridized carbons (Fsp3) is 0.588. The zero-order valence-corrected chi connectivity index (χ0v) is 13.6. The Morgan fingerprint density at radius 1 is 1.14 bits per heavy atom. The molecule has 1 fully saturated rings. The molecular formula is C17H25NO4. The number of rotatable bonds is 6. The van der Waals surface area contributed by atoms with Gasteiger partial charge in [0, 0.05) is 6.54 Å². The molecule has 2 rings (SSSR count). The number of benzene rings is 1. The molecular weight excluding hydrogens is 282 g/mol. The van der Waals surface area contributed by atoms with Crippen molar-refractivity contribution in [2.45, 2.75) is 32.3 Å². The van der Waals surface area contributed by atoms with Crippen molar-refractivity contribution in [3.63, 3.8) is 0 Å². The Morgan fingerprint density at radius 2 is 1.82 bits per heavy atom. The van der Waals surface area contributed by atoms with Crippen LogP contribution in [0.2, 0.25) is 0 Å². The summed E-state index contributed by atoms with van der Waals surface area (Å²) in [4.78, 5) is 14.6. The molecule has 0 amide bonds. The van der Waals surface area contributed by atoms with Gasteiger partial charge in [-0.1, -0.05) is 6.42 Å². The van der Waals surface area contributed by atoms with E-state index < -0.39 is 0 Å². The molecule has 1 aliphatic heterocycles. The molecule has 0 N–H and O–H groups in total. The number of piperidine rings is 1. The van der Waals surface area contributed by atoms with Gasteiger partial charge in [0.05, 0.1) is 19.8 Å². The Balaban J connectivity index is 1.93. The maximum atomic E-state index is 12.2. The van der Waals surface area contributed by atoms with E-state index in [4.69, 9.17) is 14.2 Å². The Kier molecular flexibility index (Phi) is 6.07. The molecule has 1 heterocycles. The number of likely N-dealkylation sites (tertiary alicyclic amines) is 1. The molecule has 1 unspecified atom stereocenters. The third-order valence-electron chi connectivity index (χ3n) is 3.89. The monoisotopic (exact) mass is 307 g/mol. The number of carbonyl (C=O) groups is 1. The summed E-state index contributed by atoms with van der Waals surface area (Å²) in [5.41, 5.74) is 0.475. The quantitative estimate of drug-likeness (QED) is 0.756. The van der Waals surface area contributed by atoms with Gasteiger partial charge in [-0.3, -0.25) is 4.90 Å². The molecule has 1 atom stereocenters. The number of hydrogen-bond donors (Lipinski definition) is 0. The summed E-state index contributed by atoms with van der Waals surface area (Å²) in [6, 6.07) is 5.05. The molecule has 1 saturated heterocycles. The molecule has 1 aromatic carbocycles. The lowest BCUT2D eigenvalue weighted by Crippen LogP contribution is -2.37. The maximum absolute atomic E-state index is 12.2. The van der Waals surface area contributed by atoms with E-state index in [0.29, 0.717) is 17.1 Å². The lowest BCUT2D eigenvalue weighted by molar-refractivity contribution is 0.0235. The van der Waals surface area contributed by atoms with Crippen LogP contribution in [-0.4, -0.2) is 50.8 Å². The zero-order chi connectivity index (χ0) is 15.9. The van der Waals surface area contributed by atoms with Crippen LogP contribution in [0.15, 0.2) is 18.2 Å². The van der Waals surface area contributed by atoms with Gasteiger partial charge in [-0.2, -0.15) is 0 Å². The molecule has 0 aromatic heterocycles. The normalized spacial score (nSPS) is 16.9. The number of methoxy groups -OCH3 is 2. The lowest BCUT2D eigenvalue weighted by Gasteiger charge is -2.28. The number of hydrogen-bond acceptors (Lipinski definition) is 5. The number of ether oxygens (including phenoxy) is 3. The summed E-state index contributed by atoms with van der Waals surface area (Å²) in [6.45, 7) is 4.92. The molecule has 0 saturated carbocycles. The summed E-state index contributed by atoms with van der Waals surface area (Å²) in [7, 11) is 3.11. The maximum Gasteiger partial charge on any atom is 0.338 e. The SMILES string of the molecule is COc1ccc(C(=O)OC(C)CN2CCCCC2)cc1OC. The molecule has 0 spiro atoms. The predicted octanol–water partition coefficient (Wildman–Crippen LogP) is 2.74. The minimum absolute atomic E-state index is 0.126. The van der Waals surface area contributed by atoms with Gasteiger partial charge in [0.25, 0.3) is 0 Å². The summed E-state index contributed by atoms with van der Waals surface area (Å²) in [5, 5.41) is 0. The standard InChI is InChI=1S/C17H25NO4/c1-13(12-18-9-5-4-6-10-18)22-17(19)14-7-8-15(20-2)16(11-14)21-3/h7-8,11,13H,4-6,9-10,12H2,1-3H3. The van der Waals surface area contributed by atoms with E-state index in [1.165, 1.54) is 19.3 Å². The van der Waals surface area contributed by atoms with Crippen molar-refractivity contribution in [1.29, 1.82) is 0 Å². The molecule has 1 aromatic rings. The van der Waals surface area contributed by atoms with Crippen LogP contribution in [0, 0.1) is 0 Å². The van der Waals surface area contributed by atoms with E-state index >= 15 is 0 Å². The highest BCUT2D eigenvalue weighted by Gasteiger charge is 2.18. The largest absolute Gasteiger partial charge is 0.493 e. The highest BCUT2D eigenvalue weighted by Crippen LogP contribution is 2.27. The molecule has 22 heavy (non-hydrogen) atoms. The Hall–Kier alpha value is -1.75. The van der Waals surface area contributed by atoms with Crippen molar-refractivity contribution in [2.24, 2.45) is 0 Å². The highest BCUT2D eigenvalue weighted by atomic mass is 16.5.